The van der Waals surface area contributed by atoms with Crippen molar-refractivity contribution < 1.29 is 8.81 Å². The molecule has 3 aromatic rings. The third-order valence-corrected chi connectivity index (χ3v) is 3.70. The predicted octanol–water partition coefficient (Wildman–Crippen LogP) is 5.00. The van der Waals surface area contributed by atoms with E-state index in [9.17, 15) is 4.39 Å². The summed E-state index contributed by atoms with van der Waals surface area (Å²) in [6.45, 7) is 0.242. The van der Waals surface area contributed by atoms with Gasteiger partial charge in [0.05, 0.1) is 16.6 Å². The monoisotopic (exact) mass is 309 g/mol. The quantitative estimate of drug-likeness (QED) is 0.723. The highest BCUT2D eigenvalue weighted by molar-refractivity contribution is 6.39. The van der Waals surface area contributed by atoms with Gasteiger partial charge in [0.15, 0.2) is 0 Å². The number of halogens is 3. The molecule has 5 heteroatoms. The van der Waals surface area contributed by atoms with Gasteiger partial charge in [-0.25, -0.2) is 4.39 Å². The molecule has 0 radical (unpaired) electrons. The van der Waals surface area contributed by atoms with Crippen molar-refractivity contribution in [2.24, 2.45) is 5.73 Å². The van der Waals surface area contributed by atoms with Gasteiger partial charge in [-0.3, -0.25) is 0 Å². The van der Waals surface area contributed by atoms with Crippen LogP contribution in [0, 0.1) is 5.82 Å². The van der Waals surface area contributed by atoms with Crippen molar-refractivity contribution in [3.63, 3.8) is 0 Å². The molecule has 0 aliphatic heterocycles. The van der Waals surface area contributed by atoms with Crippen LogP contribution in [0.25, 0.3) is 22.1 Å². The Morgan fingerprint density at radius 3 is 2.45 bits per heavy atom. The van der Waals surface area contributed by atoms with Crippen LogP contribution in [0.2, 0.25) is 10.0 Å². The van der Waals surface area contributed by atoms with Crippen molar-refractivity contribution >= 4 is 34.2 Å². The van der Waals surface area contributed by atoms with Gasteiger partial charge in [-0.1, -0.05) is 29.3 Å². The molecule has 0 unspecified atom stereocenters. The highest BCUT2D eigenvalue weighted by Crippen LogP contribution is 2.39. The number of fused-ring (bicyclic) bond motifs is 1. The van der Waals surface area contributed by atoms with Crippen molar-refractivity contribution in [2.75, 3.05) is 0 Å². The van der Waals surface area contributed by atoms with Gasteiger partial charge in [0.2, 0.25) is 0 Å². The molecule has 0 fully saturated rings. The van der Waals surface area contributed by atoms with Crippen LogP contribution in [-0.4, -0.2) is 0 Å². The zero-order valence-electron chi connectivity index (χ0n) is 10.3. The lowest BCUT2D eigenvalue weighted by molar-refractivity contribution is 0.552. The van der Waals surface area contributed by atoms with Gasteiger partial charge in [-0.2, -0.15) is 0 Å². The fourth-order valence-corrected chi connectivity index (χ4v) is 2.81. The minimum absolute atomic E-state index is 0.242. The molecule has 0 bridgehead atoms. The number of benzene rings is 2. The van der Waals surface area contributed by atoms with Gasteiger partial charge in [0, 0.05) is 16.5 Å². The molecule has 2 N–H and O–H groups in total. The maximum Gasteiger partial charge on any atom is 0.142 e. The Morgan fingerprint density at radius 1 is 1.10 bits per heavy atom. The SMILES string of the molecule is NCc1cc2cc(F)cc(-c3c(Cl)cccc3Cl)c2o1. The molecular formula is C15H10Cl2FNO. The van der Waals surface area contributed by atoms with Crippen LogP contribution in [0.1, 0.15) is 5.76 Å². The maximum atomic E-state index is 13.8. The Bertz CT molecular complexity index is 778. The van der Waals surface area contributed by atoms with Crippen LogP contribution in [0.3, 0.4) is 0 Å². The zero-order valence-corrected chi connectivity index (χ0v) is 11.8. The van der Waals surface area contributed by atoms with Crippen molar-refractivity contribution in [3.05, 3.63) is 58.0 Å². The third-order valence-electron chi connectivity index (χ3n) is 3.07. The van der Waals surface area contributed by atoms with Crippen molar-refractivity contribution in [1.29, 1.82) is 0 Å². The first-order valence-corrected chi connectivity index (χ1v) is 6.72. The van der Waals surface area contributed by atoms with Crippen molar-refractivity contribution in [3.8, 4) is 11.1 Å². The van der Waals surface area contributed by atoms with Crippen LogP contribution < -0.4 is 5.73 Å². The fourth-order valence-electron chi connectivity index (χ4n) is 2.21. The zero-order chi connectivity index (χ0) is 14.3. The number of furan rings is 1. The van der Waals surface area contributed by atoms with E-state index in [1.54, 1.807) is 24.3 Å². The second-order valence-corrected chi connectivity index (χ2v) is 5.20. The Morgan fingerprint density at radius 2 is 1.80 bits per heavy atom. The minimum Gasteiger partial charge on any atom is -0.459 e. The Kier molecular flexibility index (Phi) is 3.42. The standard InChI is InChI=1S/C15H10Cl2FNO/c16-12-2-1-3-13(17)14(12)11-6-9(18)4-8-5-10(7-19)20-15(8)11/h1-6H,7,19H2. The third kappa shape index (κ3) is 2.18. The number of rotatable bonds is 2. The second kappa shape index (κ2) is 5.09. The Hall–Kier alpha value is -1.55. The van der Waals surface area contributed by atoms with Crippen molar-refractivity contribution in [1.82, 2.24) is 0 Å². The summed E-state index contributed by atoms with van der Waals surface area (Å²) in [5, 5.41) is 1.52. The maximum absolute atomic E-state index is 13.8. The summed E-state index contributed by atoms with van der Waals surface area (Å²) in [6, 6.07) is 9.61. The summed E-state index contributed by atoms with van der Waals surface area (Å²) >= 11 is 12.4. The summed E-state index contributed by atoms with van der Waals surface area (Å²) in [7, 11) is 0. The molecular weight excluding hydrogens is 300 g/mol. The smallest absolute Gasteiger partial charge is 0.142 e. The average molecular weight is 310 g/mol. The van der Waals surface area contributed by atoms with Crippen LogP contribution in [-0.2, 0) is 6.54 Å². The predicted molar refractivity (Wildman–Crippen MR) is 79.5 cm³/mol. The lowest BCUT2D eigenvalue weighted by Crippen LogP contribution is -1.92. The van der Waals surface area contributed by atoms with Crippen LogP contribution >= 0.6 is 23.2 Å². The van der Waals surface area contributed by atoms with E-state index in [0.717, 1.165) is 0 Å². The molecule has 0 aliphatic carbocycles. The number of hydrogen-bond donors (Lipinski definition) is 1. The summed E-state index contributed by atoms with van der Waals surface area (Å²) < 4.78 is 19.5. The van der Waals surface area contributed by atoms with Crippen LogP contribution in [0.5, 0.6) is 0 Å². The largest absolute Gasteiger partial charge is 0.459 e. The molecule has 1 aromatic heterocycles. The van der Waals surface area contributed by atoms with Gasteiger partial charge in [0.25, 0.3) is 0 Å². The lowest BCUT2D eigenvalue weighted by atomic mass is 10.0. The topological polar surface area (TPSA) is 39.2 Å². The lowest BCUT2D eigenvalue weighted by Gasteiger charge is -2.08. The van der Waals surface area contributed by atoms with Gasteiger partial charge in [-0.15, -0.1) is 0 Å². The second-order valence-electron chi connectivity index (χ2n) is 4.39. The van der Waals surface area contributed by atoms with Crippen molar-refractivity contribution in [2.45, 2.75) is 6.54 Å². The van der Waals surface area contributed by atoms with E-state index in [1.165, 1.54) is 12.1 Å². The van der Waals surface area contributed by atoms with E-state index in [4.69, 9.17) is 33.4 Å². The van der Waals surface area contributed by atoms with E-state index in [2.05, 4.69) is 0 Å². The van der Waals surface area contributed by atoms with E-state index >= 15 is 0 Å². The molecule has 3 rings (SSSR count). The normalized spacial score (nSPS) is 11.2. The first kappa shape index (κ1) is 13.4. The molecule has 2 aromatic carbocycles. The highest BCUT2D eigenvalue weighted by Gasteiger charge is 2.16. The molecule has 0 saturated heterocycles. The fraction of sp³-hybridized carbons (Fsp3) is 0.0667. The first-order chi connectivity index (χ1) is 9.60. The number of nitrogens with two attached hydrogens (primary N) is 1. The molecule has 102 valence electrons. The van der Waals surface area contributed by atoms with E-state index < -0.39 is 0 Å². The summed E-state index contributed by atoms with van der Waals surface area (Å²) in [4.78, 5) is 0. The summed E-state index contributed by atoms with van der Waals surface area (Å²) in [5.74, 6) is 0.197. The Labute approximate surface area is 124 Å². The molecule has 2 nitrogen and oxygen atoms in total. The van der Waals surface area contributed by atoms with E-state index in [0.29, 0.717) is 37.9 Å². The van der Waals surface area contributed by atoms with Crippen LogP contribution in [0.15, 0.2) is 40.8 Å². The molecule has 0 saturated carbocycles. The van der Waals surface area contributed by atoms with Crippen LogP contribution in [0.4, 0.5) is 4.39 Å². The Balaban J connectivity index is 2.38. The van der Waals surface area contributed by atoms with Gasteiger partial charge < -0.3 is 10.2 Å². The van der Waals surface area contributed by atoms with E-state index in [-0.39, 0.29) is 12.4 Å². The van der Waals surface area contributed by atoms with Gasteiger partial charge >= 0.3 is 0 Å². The molecule has 0 spiro atoms. The van der Waals surface area contributed by atoms with Gasteiger partial charge in [0.1, 0.15) is 17.2 Å². The highest BCUT2D eigenvalue weighted by atomic mass is 35.5. The molecule has 20 heavy (non-hydrogen) atoms. The average Bonchev–Trinajstić information content (AvgIpc) is 2.81. The first-order valence-electron chi connectivity index (χ1n) is 5.96. The molecule has 0 atom stereocenters. The molecule has 0 aliphatic rings. The van der Waals surface area contributed by atoms with E-state index in [1.807, 2.05) is 0 Å². The minimum atomic E-state index is -0.382. The molecule has 0 amide bonds. The summed E-state index contributed by atoms with van der Waals surface area (Å²) in [5.41, 5.74) is 7.17. The summed E-state index contributed by atoms with van der Waals surface area (Å²) in [6.07, 6.45) is 0. The van der Waals surface area contributed by atoms with Gasteiger partial charge in [-0.05, 0) is 30.3 Å². The number of hydrogen-bond acceptors (Lipinski definition) is 2. The molecule has 1 heterocycles.